The Kier molecular flexibility index (Phi) is 4.82. The minimum atomic E-state index is -0.971. The third-order valence-corrected chi connectivity index (χ3v) is 7.50. The van der Waals surface area contributed by atoms with Crippen molar-refractivity contribution in [3.05, 3.63) is 92.9 Å². The molecule has 1 aliphatic heterocycles. The van der Waals surface area contributed by atoms with Crippen LogP contribution in [0, 0.1) is 11.3 Å². The number of amides is 2. The smallest absolute Gasteiger partial charge is 0.241 e. The summed E-state index contributed by atoms with van der Waals surface area (Å²) in [5, 5.41) is 1.30. The minimum absolute atomic E-state index is 0.276. The summed E-state index contributed by atoms with van der Waals surface area (Å²) in [6.45, 7) is 1.85. The second-order valence-corrected chi connectivity index (χ2v) is 9.59. The number of hydrogen-bond donors (Lipinski definition) is 0. The summed E-state index contributed by atoms with van der Waals surface area (Å²) >= 11 is 18.4. The van der Waals surface area contributed by atoms with Crippen molar-refractivity contribution >= 4 is 52.3 Å². The van der Waals surface area contributed by atoms with Crippen molar-refractivity contribution < 1.29 is 14.3 Å². The van der Waals surface area contributed by atoms with E-state index in [1.165, 1.54) is 4.90 Å². The molecule has 0 N–H and O–H groups in total. The van der Waals surface area contributed by atoms with Crippen LogP contribution in [0.1, 0.15) is 18.1 Å². The van der Waals surface area contributed by atoms with E-state index >= 15 is 0 Å². The zero-order valence-electron chi connectivity index (χ0n) is 17.2. The second kappa shape index (κ2) is 7.24. The molecule has 5 rings (SSSR count). The van der Waals surface area contributed by atoms with Gasteiger partial charge in [0.15, 0.2) is 0 Å². The van der Waals surface area contributed by atoms with Gasteiger partial charge in [-0.05, 0) is 60.5 Å². The monoisotopic (exact) mass is 485 g/mol. The van der Waals surface area contributed by atoms with Gasteiger partial charge in [0.05, 0.1) is 24.1 Å². The van der Waals surface area contributed by atoms with Crippen molar-refractivity contribution in [1.82, 2.24) is 0 Å². The molecule has 0 radical (unpaired) electrons. The first-order valence-corrected chi connectivity index (χ1v) is 11.1. The maximum Gasteiger partial charge on any atom is 0.241 e. The Labute approximate surface area is 200 Å². The van der Waals surface area contributed by atoms with Gasteiger partial charge in [-0.15, -0.1) is 0 Å². The van der Waals surface area contributed by atoms with Crippen LogP contribution < -0.4 is 9.64 Å². The van der Waals surface area contributed by atoms with Crippen LogP contribution in [0.3, 0.4) is 0 Å². The van der Waals surface area contributed by atoms with E-state index in [4.69, 9.17) is 39.5 Å². The van der Waals surface area contributed by atoms with Crippen LogP contribution in [0.4, 0.5) is 5.69 Å². The standard InChI is InChI=1S/C25H18Cl3NO3/c1-24-21(22(30)29(23(24)31)19-12-17(27)11-18(28)13-19)25(24,14-3-7-16(26)8-4-14)15-5-9-20(32-2)10-6-15/h3-13,21H,1-2H3/t21-,24-,25+/m1/s1. The lowest BCUT2D eigenvalue weighted by Crippen LogP contribution is -2.42. The highest BCUT2D eigenvalue weighted by Crippen LogP contribution is 2.76. The normalized spacial score (nSPS) is 26.3. The van der Waals surface area contributed by atoms with E-state index in [9.17, 15) is 9.59 Å². The number of halogens is 3. The molecule has 1 saturated carbocycles. The van der Waals surface area contributed by atoms with Crippen molar-refractivity contribution in [1.29, 1.82) is 0 Å². The van der Waals surface area contributed by atoms with E-state index in [0.717, 1.165) is 11.1 Å². The van der Waals surface area contributed by atoms with Gasteiger partial charge in [-0.3, -0.25) is 9.59 Å². The summed E-state index contributed by atoms with van der Waals surface area (Å²) < 4.78 is 5.30. The van der Waals surface area contributed by atoms with Gasteiger partial charge < -0.3 is 4.74 Å². The van der Waals surface area contributed by atoms with Crippen molar-refractivity contribution in [2.24, 2.45) is 11.3 Å². The van der Waals surface area contributed by atoms with Crippen molar-refractivity contribution in [3.63, 3.8) is 0 Å². The van der Waals surface area contributed by atoms with Gasteiger partial charge >= 0.3 is 0 Å². The number of hydrogen-bond acceptors (Lipinski definition) is 3. The molecule has 0 aromatic heterocycles. The molecule has 32 heavy (non-hydrogen) atoms. The average Bonchev–Trinajstić information content (AvgIpc) is 3.28. The quantitative estimate of drug-likeness (QED) is 0.415. The van der Waals surface area contributed by atoms with Crippen LogP contribution in [0.25, 0.3) is 0 Å². The predicted octanol–water partition coefficient (Wildman–Crippen LogP) is 6.15. The Morgan fingerprint density at radius 1 is 0.812 bits per heavy atom. The SMILES string of the molecule is COc1ccc([C@@]2(c3ccc(Cl)cc3)[C@@H]3C(=O)N(c4cc(Cl)cc(Cl)c4)C(=O)[C@@]32C)cc1. The number of carbonyl (C=O) groups is 2. The lowest BCUT2D eigenvalue weighted by molar-refractivity contribution is -0.125. The Hall–Kier alpha value is -2.53. The Balaban J connectivity index is 1.67. The number of imide groups is 1. The lowest BCUT2D eigenvalue weighted by atomic mass is 9.79. The molecule has 2 amide bonds. The molecule has 4 nitrogen and oxygen atoms in total. The second-order valence-electron chi connectivity index (χ2n) is 8.29. The zero-order chi connectivity index (χ0) is 22.8. The highest BCUT2D eigenvalue weighted by atomic mass is 35.5. The van der Waals surface area contributed by atoms with Crippen LogP contribution in [0.15, 0.2) is 66.7 Å². The topological polar surface area (TPSA) is 46.6 Å². The number of ether oxygens (including phenoxy) is 1. The van der Waals surface area contributed by atoms with Crippen molar-refractivity contribution in [2.75, 3.05) is 12.0 Å². The molecule has 0 unspecified atom stereocenters. The number of rotatable bonds is 4. The number of nitrogens with zero attached hydrogens (tertiary/aromatic N) is 1. The highest BCUT2D eigenvalue weighted by molar-refractivity contribution is 6.36. The molecule has 162 valence electrons. The Bertz CT molecular complexity index is 1240. The van der Waals surface area contributed by atoms with Crippen LogP contribution in [0.5, 0.6) is 5.75 Å². The number of fused-ring (bicyclic) bond motifs is 1. The maximum absolute atomic E-state index is 13.8. The number of anilines is 1. The Morgan fingerprint density at radius 3 is 1.81 bits per heavy atom. The summed E-state index contributed by atoms with van der Waals surface area (Å²) in [5.41, 5.74) is 0.340. The third kappa shape index (κ3) is 2.70. The lowest BCUT2D eigenvalue weighted by Gasteiger charge is -2.29. The van der Waals surface area contributed by atoms with Crippen LogP contribution in [0.2, 0.25) is 15.1 Å². The van der Waals surface area contributed by atoms with E-state index in [-0.39, 0.29) is 11.8 Å². The molecule has 2 fully saturated rings. The van der Waals surface area contributed by atoms with Crippen LogP contribution >= 0.6 is 34.8 Å². The fraction of sp³-hybridized carbons (Fsp3) is 0.200. The molecular formula is C25H18Cl3NO3. The Morgan fingerprint density at radius 2 is 1.34 bits per heavy atom. The van der Waals surface area contributed by atoms with Gasteiger partial charge in [-0.1, -0.05) is 59.1 Å². The number of benzene rings is 3. The maximum atomic E-state index is 13.8. The van der Waals surface area contributed by atoms with E-state index in [0.29, 0.717) is 26.5 Å². The van der Waals surface area contributed by atoms with Gasteiger partial charge in [0, 0.05) is 20.5 Å². The van der Waals surface area contributed by atoms with E-state index in [2.05, 4.69) is 0 Å². The van der Waals surface area contributed by atoms with E-state index in [1.54, 1.807) is 37.4 Å². The first-order chi connectivity index (χ1) is 15.2. The molecule has 1 heterocycles. The first kappa shape index (κ1) is 21.3. The first-order valence-electron chi connectivity index (χ1n) is 10.00. The summed E-state index contributed by atoms with van der Waals surface area (Å²) in [4.78, 5) is 28.7. The summed E-state index contributed by atoms with van der Waals surface area (Å²) in [6, 6.07) is 19.6. The van der Waals surface area contributed by atoms with Gasteiger partial charge in [0.1, 0.15) is 5.75 Å². The molecule has 2 aliphatic rings. The summed E-state index contributed by atoms with van der Waals surface area (Å²) in [5.74, 6) is -0.433. The predicted molar refractivity (Wildman–Crippen MR) is 126 cm³/mol. The average molecular weight is 487 g/mol. The van der Waals surface area contributed by atoms with E-state index in [1.807, 2.05) is 43.3 Å². The molecule has 3 aromatic rings. The largest absolute Gasteiger partial charge is 0.497 e. The molecular weight excluding hydrogens is 469 g/mol. The fourth-order valence-electron chi connectivity index (χ4n) is 5.38. The van der Waals surface area contributed by atoms with Gasteiger partial charge in [0.2, 0.25) is 11.8 Å². The molecule has 3 atom stereocenters. The third-order valence-electron chi connectivity index (χ3n) is 6.81. The summed E-state index contributed by atoms with van der Waals surface area (Å²) in [6.07, 6.45) is 0. The highest BCUT2D eigenvalue weighted by Gasteiger charge is 2.86. The van der Waals surface area contributed by atoms with Gasteiger partial charge in [-0.25, -0.2) is 4.90 Å². The summed E-state index contributed by atoms with van der Waals surface area (Å²) in [7, 11) is 1.60. The fourth-order valence-corrected chi connectivity index (χ4v) is 6.02. The van der Waals surface area contributed by atoms with Gasteiger partial charge in [0.25, 0.3) is 0 Å². The molecule has 0 bridgehead atoms. The van der Waals surface area contributed by atoms with Crippen LogP contribution in [-0.2, 0) is 15.0 Å². The van der Waals surface area contributed by atoms with Crippen molar-refractivity contribution in [3.8, 4) is 5.75 Å². The molecule has 0 spiro atoms. The minimum Gasteiger partial charge on any atom is -0.497 e. The van der Waals surface area contributed by atoms with Crippen molar-refractivity contribution in [2.45, 2.75) is 12.3 Å². The van der Waals surface area contributed by atoms with E-state index < -0.39 is 16.7 Å². The number of piperidine rings is 1. The number of carbonyl (C=O) groups excluding carboxylic acids is 2. The molecule has 1 aliphatic carbocycles. The number of methoxy groups -OCH3 is 1. The molecule has 1 saturated heterocycles. The zero-order valence-corrected chi connectivity index (χ0v) is 19.5. The molecule has 3 aromatic carbocycles. The van der Waals surface area contributed by atoms with Gasteiger partial charge in [-0.2, -0.15) is 0 Å². The molecule has 7 heteroatoms. The van der Waals surface area contributed by atoms with Crippen LogP contribution in [-0.4, -0.2) is 18.9 Å².